The molecule has 0 aliphatic carbocycles. The molecule has 0 N–H and O–H groups in total. The Kier molecular flexibility index (Phi) is 7.85. The van der Waals surface area contributed by atoms with E-state index < -0.39 is 6.36 Å². The first-order chi connectivity index (χ1) is 14.4. The number of anilines is 1. The number of alkyl halides is 3. The van der Waals surface area contributed by atoms with Crippen LogP contribution in [0.4, 0.5) is 18.9 Å². The summed E-state index contributed by atoms with van der Waals surface area (Å²) < 4.78 is 40.4. The lowest BCUT2D eigenvalue weighted by Gasteiger charge is -2.36. The zero-order valence-corrected chi connectivity index (χ0v) is 17.0. The third-order valence-corrected chi connectivity index (χ3v) is 5.42. The lowest BCUT2D eigenvalue weighted by Crippen LogP contribution is -2.46. The molecule has 1 aliphatic rings. The second-order valence-electron chi connectivity index (χ2n) is 7.68. The molecule has 7 heteroatoms. The third-order valence-electron chi connectivity index (χ3n) is 5.42. The number of ether oxygens (including phenoxy) is 1. The van der Waals surface area contributed by atoms with Crippen molar-refractivity contribution in [1.82, 2.24) is 4.90 Å². The average Bonchev–Trinajstić information content (AvgIpc) is 2.72. The van der Waals surface area contributed by atoms with Crippen LogP contribution in [0, 0.1) is 0 Å². The normalized spacial score (nSPS) is 15.4. The van der Waals surface area contributed by atoms with Crippen LogP contribution >= 0.6 is 0 Å². The van der Waals surface area contributed by atoms with Gasteiger partial charge in [0.25, 0.3) is 0 Å². The smallest absolute Gasteiger partial charge is 0.406 e. The van der Waals surface area contributed by atoms with Gasteiger partial charge in [0.05, 0.1) is 0 Å². The van der Waals surface area contributed by atoms with Crippen molar-refractivity contribution in [3.63, 3.8) is 0 Å². The summed E-state index contributed by atoms with van der Waals surface area (Å²) in [5, 5.41) is 11.2. The van der Waals surface area contributed by atoms with Crippen LogP contribution in [-0.2, 0) is 11.5 Å². The van der Waals surface area contributed by atoms with E-state index in [-0.39, 0.29) is 11.5 Å². The van der Waals surface area contributed by atoms with E-state index in [9.17, 15) is 18.3 Å². The van der Waals surface area contributed by atoms with Crippen molar-refractivity contribution in [2.45, 2.75) is 38.5 Å². The van der Waals surface area contributed by atoms with Crippen LogP contribution in [0.15, 0.2) is 48.5 Å². The average molecular weight is 421 g/mol. The van der Waals surface area contributed by atoms with Crippen LogP contribution in [0.2, 0.25) is 0 Å². The largest absolute Gasteiger partial charge is 0.573 e. The van der Waals surface area contributed by atoms with Crippen LogP contribution in [0.1, 0.15) is 31.2 Å². The molecule has 0 bridgehead atoms. The van der Waals surface area contributed by atoms with Gasteiger partial charge in [-0.2, -0.15) is 0 Å². The maximum Gasteiger partial charge on any atom is 0.573 e. The number of piperazine rings is 1. The molecule has 30 heavy (non-hydrogen) atoms. The fourth-order valence-corrected chi connectivity index (χ4v) is 3.76. The molecular formula is C23H28F3N2O2. The fraction of sp³-hybridized carbons (Fsp3) is 0.478. The molecule has 0 spiro atoms. The molecule has 0 saturated carbocycles. The van der Waals surface area contributed by atoms with E-state index in [4.69, 9.17) is 0 Å². The van der Waals surface area contributed by atoms with E-state index in [2.05, 4.69) is 14.5 Å². The zero-order valence-electron chi connectivity index (χ0n) is 17.0. The molecule has 2 aromatic carbocycles. The minimum Gasteiger partial charge on any atom is -0.406 e. The molecule has 1 aliphatic heterocycles. The van der Waals surface area contributed by atoms with E-state index in [0.29, 0.717) is 0 Å². The molecule has 0 amide bonds. The van der Waals surface area contributed by atoms with Gasteiger partial charge < -0.3 is 9.64 Å². The monoisotopic (exact) mass is 421 g/mol. The van der Waals surface area contributed by atoms with Crippen molar-refractivity contribution in [1.29, 1.82) is 0 Å². The molecule has 163 valence electrons. The number of hydrogen-bond donors (Lipinski definition) is 0. The van der Waals surface area contributed by atoms with Gasteiger partial charge in [-0.05, 0) is 67.8 Å². The highest BCUT2D eigenvalue weighted by Gasteiger charge is 2.30. The van der Waals surface area contributed by atoms with Crippen LogP contribution in [0.25, 0.3) is 0 Å². The number of rotatable bonds is 9. The van der Waals surface area contributed by atoms with Crippen LogP contribution in [0.5, 0.6) is 11.5 Å². The number of hydrogen-bond acceptors (Lipinski definition) is 3. The van der Waals surface area contributed by atoms with Gasteiger partial charge in [0, 0.05) is 31.9 Å². The molecule has 1 radical (unpaired) electrons. The summed E-state index contributed by atoms with van der Waals surface area (Å²) in [5.74, 6) is -0.126. The lowest BCUT2D eigenvalue weighted by molar-refractivity contribution is -0.274. The number of unbranched alkanes of at least 4 members (excludes halogenated alkanes) is 3. The van der Waals surface area contributed by atoms with Crippen molar-refractivity contribution in [2.75, 3.05) is 37.6 Å². The van der Waals surface area contributed by atoms with Gasteiger partial charge in [0.15, 0.2) is 5.75 Å². The quantitative estimate of drug-likeness (QED) is 0.491. The minimum absolute atomic E-state index is 0.0462. The second-order valence-corrected chi connectivity index (χ2v) is 7.68. The van der Waals surface area contributed by atoms with E-state index in [1.807, 2.05) is 12.1 Å². The molecule has 4 nitrogen and oxygen atoms in total. The van der Waals surface area contributed by atoms with E-state index in [0.717, 1.165) is 76.1 Å². The van der Waals surface area contributed by atoms with Crippen molar-refractivity contribution in [3.05, 3.63) is 54.1 Å². The highest BCUT2D eigenvalue weighted by molar-refractivity contribution is 5.49. The van der Waals surface area contributed by atoms with Crippen molar-refractivity contribution < 1.29 is 23.0 Å². The Morgan fingerprint density at radius 2 is 1.43 bits per heavy atom. The minimum atomic E-state index is -4.64. The van der Waals surface area contributed by atoms with Gasteiger partial charge in [-0.1, -0.05) is 25.0 Å². The zero-order chi connectivity index (χ0) is 21.4. The van der Waals surface area contributed by atoms with Crippen molar-refractivity contribution in [2.24, 2.45) is 0 Å². The Morgan fingerprint density at radius 1 is 0.800 bits per heavy atom. The first kappa shape index (κ1) is 22.3. The Labute approximate surface area is 175 Å². The number of aryl methyl sites for hydroxylation is 1. The predicted octanol–water partition coefficient (Wildman–Crippen LogP) is 5.65. The van der Waals surface area contributed by atoms with Crippen molar-refractivity contribution in [3.8, 4) is 11.5 Å². The maximum absolute atomic E-state index is 12.2. The topological polar surface area (TPSA) is 35.6 Å². The molecular weight excluding hydrogens is 393 g/mol. The Morgan fingerprint density at radius 3 is 2.07 bits per heavy atom. The summed E-state index contributed by atoms with van der Waals surface area (Å²) in [6.45, 7) is 5.12. The maximum atomic E-state index is 12.2. The molecule has 3 rings (SSSR count). The third kappa shape index (κ3) is 7.44. The fourth-order valence-electron chi connectivity index (χ4n) is 3.76. The van der Waals surface area contributed by atoms with Crippen LogP contribution < -0.4 is 9.64 Å². The second kappa shape index (κ2) is 10.6. The number of benzene rings is 2. The lowest BCUT2D eigenvalue weighted by atomic mass is 10.1. The summed E-state index contributed by atoms with van der Waals surface area (Å²) in [6, 6.07) is 13.2. The highest BCUT2D eigenvalue weighted by Crippen LogP contribution is 2.23. The summed E-state index contributed by atoms with van der Waals surface area (Å²) in [6.07, 6.45) is 0.680. The molecule has 1 saturated heterocycles. The van der Waals surface area contributed by atoms with Crippen LogP contribution in [0.3, 0.4) is 0 Å². The highest BCUT2D eigenvalue weighted by atomic mass is 19.4. The summed E-state index contributed by atoms with van der Waals surface area (Å²) in [5.41, 5.74) is 2.15. The Bertz CT molecular complexity index is 756. The van der Waals surface area contributed by atoms with E-state index in [1.54, 1.807) is 24.3 Å². The summed E-state index contributed by atoms with van der Waals surface area (Å²) >= 11 is 0. The predicted molar refractivity (Wildman–Crippen MR) is 111 cm³/mol. The van der Waals surface area contributed by atoms with E-state index in [1.165, 1.54) is 12.1 Å². The number of halogens is 3. The van der Waals surface area contributed by atoms with Crippen LogP contribution in [-0.4, -0.2) is 44.0 Å². The molecule has 0 atom stereocenters. The molecule has 2 aromatic rings. The van der Waals surface area contributed by atoms with Crippen molar-refractivity contribution >= 4 is 5.69 Å². The Hall–Kier alpha value is -2.41. The van der Waals surface area contributed by atoms with Gasteiger partial charge in [-0.15, -0.1) is 13.2 Å². The molecule has 1 heterocycles. The Balaban J connectivity index is 1.25. The molecule has 1 fully saturated rings. The summed E-state index contributed by atoms with van der Waals surface area (Å²) in [7, 11) is 0. The molecule has 0 aromatic heterocycles. The standard InChI is InChI=1S/C23H28F3N2O2/c24-23(25,26)30-22-12-6-19(7-13-22)5-3-1-2-4-14-27-15-17-28(18-16-27)20-8-10-21(29)11-9-20/h6-13H,1-5,14-18H2. The van der Waals surface area contributed by atoms with Gasteiger partial charge in [-0.25, -0.2) is 0 Å². The first-order valence-corrected chi connectivity index (χ1v) is 10.5. The molecule has 0 unspecified atom stereocenters. The number of nitrogens with zero attached hydrogens (tertiary/aromatic N) is 2. The van der Waals surface area contributed by atoms with Gasteiger partial charge in [0.1, 0.15) is 5.75 Å². The SMILES string of the molecule is [O]c1ccc(N2CCN(CCCCCCc3ccc(OC(F)(F)F)cc3)CC2)cc1. The first-order valence-electron chi connectivity index (χ1n) is 10.5. The van der Waals surface area contributed by atoms with Gasteiger partial charge in [-0.3, -0.25) is 10.0 Å². The van der Waals surface area contributed by atoms with Gasteiger partial charge in [0.2, 0.25) is 0 Å². The summed E-state index contributed by atoms with van der Waals surface area (Å²) in [4.78, 5) is 4.80. The van der Waals surface area contributed by atoms with Gasteiger partial charge >= 0.3 is 6.36 Å². The van der Waals surface area contributed by atoms with E-state index >= 15 is 0 Å².